The number of nitrogens with zero attached hydrogens (tertiary/aromatic N) is 3. The minimum Gasteiger partial charge on any atom is -0.377 e. The zero-order valence-corrected chi connectivity index (χ0v) is 17.9. The first-order valence-corrected chi connectivity index (χ1v) is 11.9. The van der Waals surface area contributed by atoms with Gasteiger partial charge in [-0.3, -0.25) is 9.11 Å². The fourth-order valence-corrected chi connectivity index (χ4v) is 5.27. The maximum Gasteiger partial charge on any atom is 0.319 e. The van der Waals surface area contributed by atoms with E-state index in [-0.39, 0.29) is 23.6 Å². The molecule has 1 unspecified atom stereocenters. The Labute approximate surface area is 177 Å². The van der Waals surface area contributed by atoms with Gasteiger partial charge in [-0.2, -0.15) is 10.6 Å². The molecule has 1 atom stereocenters. The molecule has 1 saturated heterocycles. The topological polar surface area (TPSA) is 120 Å². The minimum atomic E-state index is -2.72. The molecule has 4 rings (SSSR count). The maximum absolute atomic E-state index is 11.7. The van der Waals surface area contributed by atoms with Gasteiger partial charge in [-0.1, -0.05) is 0 Å². The summed E-state index contributed by atoms with van der Waals surface area (Å²) >= 11 is 0. The predicted molar refractivity (Wildman–Crippen MR) is 118 cm³/mol. The number of hydrogen-bond acceptors (Lipinski definition) is 7. The van der Waals surface area contributed by atoms with Crippen molar-refractivity contribution in [1.82, 2.24) is 15.3 Å². The second kappa shape index (κ2) is 8.38. The van der Waals surface area contributed by atoms with Crippen LogP contribution in [0, 0.1) is 0 Å². The van der Waals surface area contributed by atoms with E-state index in [4.69, 9.17) is 9.72 Å². The molecule has 2 aliphatic heterocycles. The Morgan fingerprint density at radius 3 is 2.73 bits per heavy atom. The van der Waals surface area contributed by atoms with Crippen molar-refractivity contribution in [2.45, 2.75) is 31.4 Å². The smallest absolute Gasteiger partial charge is 0.319 e. The lowest BCUT2D eigenvalue weighted by Crippen LogP contribution is -2.44. The third kappa shape index (κ3) is 4.36. The van der Waals surface area contributed by atoms with Crippen LogP contribution in [0.25, 0.3) is 11.4 Å². The van der Waals surface area contributed by atoms with Crippen molar-refractivity contribution in [3.05, 3.63) is 35.5 Å². The van der Waals surface area contributed by atoms with E-state index in [1.54, 1.807) is 12.1 Å². The van der Waals surface area contributed by atoms with Gasteiger partial charge in [-0.15, -0.1) is 0 Å². The van der Waals surface area contributed by atoms with E-state index < -0.39 is 10.6 Å². The Kier molecular flexibility index (Phi) is 5.83. The number of morpholine rings is 1. The summed E-state index contributed by atoms with van der Waals surface area (Å²) in [5.74, 6) is 1.63. The van der Waals surface area contributed by atoms with E-state index >= 15 is 0 Å². The molecule has 0 spiro atoms. The summed E-state index contributed by atoms with van der Waals surface area (Å²) in [5.41, 5.74) is 2.98. The first-order valence-electron chi connectivity index (χ1n) is 9.99. The average Bonchev–Trinajstić information content (AvgIpc) is 3.02. The largest absolute Gasteiger partial charge is 0.377 e. The van der Waals surface area contributed by atoms with Crippen LogP contribution in [0.3, 0.4) is 0 Å². The number of carbonyl (C=O) groups excluding carboxylic acids is 1. The van der Waals surface area contributed by atoms with Gasteiger partial charge in [0.2, 0.25) is 0 Å². The number of aromatic nitrogens is 2. The molecule has 2 aromatic rings. The van der Waals surface area contributed by atoms with Gasteiger partial charge < -0.3 is 20.3 Å². The Morgan fingerprint density at radius 2 is 2.03 bits per heavy atom. The highest BCUT2D eigenvalue weighted by atomic mass is 32.3. The van der Waals surface area contributed by atoms with Crippen LogP contribution < -0.4 is 15.5 Å². The number of nitrogens with one attached hydrogen (secondary N) is 2. The van der Waals surface area contributed by atoms with Crippen molar-refractivity contribution < 1.29 is 18.6 Å². The molecule has 0 bridgehead atoms. The van der Waals surface area contributed by atoms with Gasteiger partial charge in [-0.05, 0) is 38.1 Å². The second-order valence-electron chi connectivity index (χ2n) is 7.57. The van der Waals surface area contributed by atoms with E-state index in [2.05, 4.69) is 27.4 Å². The van der Waals surface area contributed by atoms with Crippen molar-refractivity contribution in [3.8, 4) is 11.4 Å². The van der Waals surface area contributed by atoms with Crippen LogP contribution in [0.4, 0.5) is 16.3 Å². The number of anilines is 2. The molecule has 1 fully saturated rings. The molecule has 10 heteroatoms. The highest BCUT2D eigenvalue weighted by Crippen LogP contribution is 2.54. The SMILES string of the molecule is CCNC(=O)Nc1ccc(-c2nc3c(c(N4CCOCC4C)n2)CS(O)(O)C3)cc1. The molecule has 30 heavy (non-hydrogen) atoms. The summed E-state index contributed by atoms with van der Waals surface area (Å²) in [6, 6.07) is 7.17. The quantitative estimate of drug-likeness (QED) is 0.584. The molecule has 0 saturated carbocycles. The van der Waals surface area contributed by atoms with Crippen LogP contribution in [0.2, 0.25) is 0 Å². The predicted octanol–water partition coefficient (Wildman–Crippen LogP) is 3.27. The lowest BCUT2D eigenvalue weighted by molar-refractivity contribution is 0.0984. The molecular weight excluding hydrogens is 406 g/mol. The van der Waals surface area contributed by atoms with Crippen LogP contribution >= 0.6 is 10.6 Å². The monoisotopic (exact) mass is 433 g/mol. The zero-order chi connectivity index (χ0) is 21.3. The van der Waals surface area contributed by atoms with Gasteiger partial charge in [-0.25, -0.2) is 14.8 Å². The number of carbonyl (C=O) groups is 1. The fourth-order valence-electron chi connectivity index (χ4n) is 3.73. The fraction of sp³-hybridized carbons (Fsp3) is 0.450. The molecule has 4 N–H and O–H groups in total. The number of benzene rings is 1. The van der Waals surface area contributed by atoms with Gasteiger partial charge >= 0.3 is 6.03 Å². The highest BCUT2D eigenvalue weighted by molar-refractivity contribution is 8.23. The molecule has 1 aromatic carbocycles. The standard InChI is InChI=1S/C20H27N5O4S/c1-3-21-20(26)22-15-6-4-14(5-7-15)18-23-17-12-30(27,28)11-16(17)19(24-18)25-8-9-29-10-13(25)2/h4-7,13,27-28H,3,8-12H2,1-2H3,(H2,21,22,26). The van der Waals surface area contributed by atoms with Crippen LogP contribution in [0.1, 0.15) is 25.1 Å². The average molecular weight is 434 g/mol. The summed E-state index contributed by atoms with van der Waals surface area (Å²) in [6.07, 6.45) is 0. The Morgan fingerprint density at radius 1 is 1.27 bits per heavy atom. The number of hydrogen-bond donors (Lipinski definition) is 4. The summed E-state index contributed by atoms with van der Waals surface area (Å²) in [6.45, 7) is 6.38. The van der Waals surface area contributed by atoms with Crippen molar-refractivity contribution in [3.63, 3.8) is 0 Å². The van der Waals surface area contributed by atoms with Crippen LogP contribution in [-0.4, -0.2) is 57.4 Å². The van der Waals surface area contributed by atoms with Gasteiger partial charge in [0.15, 0.2) is 5.82 Å². The summed E-state index contributed by atoms with van der Waals surface area (Å²) in [5, 5.41) is 5.46. The van der Waals surface area contributed by atoms with E-state index in [0.717, 1.165) is 16.9 Å². The van der Waals surface area contributed by atoms with Crippen molar-refractivity contribution in [1.29, 1.82) is 0 Å². The van der Waals surface area contributed by atoms with E-state index in [9.17, 15) is 13.9 Å². The van der Waals surface area contributed by atoms with Crippen LogP contribution in [-0.2, 0) is 16.2 Å². The number of urea groups is 1. The summed E-state index contributed by atoms with van der Waals surface area (Å²) in [4.78, 5) is 23.3. The first-order chi connectivity index (χ1) is 14.4. The minimum absolute atomic E-state index is 0.136. The Bertz CT molecular complexity index is 938. The van der Waals surface area contributed by atoms with Gasteiger partial charge in [0.05, 0.1) is 36.5 Å². The van der Waals surface area contributed by atoms with Crippen molar-refractivity contribution in [2.24, 2.45) is 0 Å². The van der Waals surface area contributed by atoms with Crippen molar-refractivity contribution in [2.75, 3.05) is 36.5 Å². The zero-order valence-electron chi connectivity index (χ0n) is 17.1. The molecule has 0 radical (unpaired) electrons. The number of amides is 2. The van der Waals surface area contributed by atoms with Gasteiger partial charge in [0.1, 0.15) is 5.82 Å². The van der Waals surface area contributed by atoms with Crippen LogP contribution in [0.5, 0.6) is 0 Å². The van der Waals surface area contributed by atoms with E-state index in [1.807, 2.05) is 19.1 Å². The van der Waals surface area contributed by atoms with E-state index in [1.165, 1.54) is 0 Å². The maximum atomic E-state index is 11.7. The number of rotatable bonds is 4. The third-order valence-corrected chi connectivity index (χ3v) is 6.68. The molecule has 162 valence electrons. The third-order valence-electron chi connectivity index (χ3n) is 5.19. The van der Waals surface area contributed by atoms with Crippen molar-refractivity contribution >= 4 is 28.1 Å². The summed E-state index contributed by atoms with van der Waals surface area (Å²) in [7, 11) is -2.72. The van der Waals surface area contributed by atoms with Gasteiger partial charge in [0, 0.05) is 29.9 Å². The molecule has 3 heterocycles. The molecule has 2 aliphatic rings. The molecule has 1 aromatic heterocycles. The lowest BCUT2D eigenvalue weighted by Gasteiger charge is -2.35. The Balaban J connectivity index is 1.67. The second-order valence-corrected chi connectivity index (χ2v) is 9.75. The summed E-state index contributed by atoms with van der Waals surface area (Å²) < 4.78 is 26.2. The van der Waals surface area contributed by atoms with Crippen LogP contribution in [0.15, 0.2) is 24.3 Å². The number of fused-ring (bicyclic) bond motifs is 1. The molecular formula is C20H27N5O4S. The lowest BCUT2D eigenvalue weighted by atomic mass is 10.1. The number of ether oxygens (including phenoxy) is 1. The highest BCUT2D eigenvalue weighted by Gasteiger charge is 2.34. The Hall–Kier alpha value is -2.40. The van der Waals surface area contributed by atoms with E-state index in [0.29, 0.717) is 43.5 Å². The molecule has 9 nitrogen and oxygen atoms in total. The molecule has 2 amide bonds. The normalized spacial score (nSPS) is 21.1. The molecule has 0 aliphatic carbocycles. The first kappa shape index (κ1) is 20.9. The van der Waals surface area contributed by atoms with Gasteiger partial charge in [0.25, 0.3) is 0 Å².